The molecule has 1 amide bonds. The van der Waals surface area contributed by atoms with Gasteiger partial charge in [0.05, 0.1) is 6.54 Å². The number of amides is 1. The lowest BCUT2D eigenvalue weighted by Crippen LogP contribution is -2.28. The van der Waals surface area contributed by atoms with E-state index < -0.39 is 0 Å². The monoisotopic (exact) mass is 337 g/mol. The number of fused-ring (bicyclic) bond motifs is 1. The molecule has 9 heteroatoms. The second-order valence-corrected chi connectivity index (χ2v) is 5.93. The fourth-order valence-electron chi connectivity index (χ4n) is 1.73. The molecule has 1 N–H and O–H groups in total. The second kappa shape index (κ2) is 6.29. The molecule has 0 aliphatic carbocycles. The first kappa shape index (κ1) is 14.7. The Balaban J connectivity index is 1.50. The fourth-order valence-corrected chi connectivity index (χ4v) is 2.68. The van der Waals surface area contributed by atoms with E-state index in [4.69, 9.17) is 16.3 Å². The molecule has 3 rings (SSSR count). The minimum Gasteiger partial charge on any atom is -0.484 e. The summed E-state index contributed by atoms with van der Waals surface area (Å²) in [5.41, 5.74) is 0. The number of hydrogen-bond donors (Lipinski definition) is 1. The minimum atomic E-state index is -0.224. The Kier molecular flexibility index (Phi) is 4.21. The van der Waals surface area contributed by atoms with Crippen LogP contribution >= 0.6 is 22.9 Å². The molecule has 114 valence electrons. The van der Waals surface area contributed by atoms with Crippen LogP contribution in [0, 0.1) is 6.92 Å². The minimum absolute atomic E-state index is 0.0648. The highest BCUT2D eigenvalue weighted by Crippen LogP contribution is 2.15. The third-order valence-electron chi connectivity index (χ3n) is 2.81. The maximum absolute atomic E-state index is 11.8. The summed E-state index contributed by atoms with van der Waals surface area (Å²) < 4.78 is 7.01. The summed E-state index contributed by atoms with van der Waals surface area (Å²) in [6.45, 7) is 2.09. The van der Waals surface area contributed by atoms with Crippen LogP contribution in [0.3, 0.4) is 0 Å². The quantitative estimate of drug-likeness (QED) is 0.768. The van der Waals surface area contributed by atoms with E-state index in [-0.39, 0.29) is 12.5 Å². The van der Waals surface area contributed by atoms with E-state index in [0.717, 1.165) is 10.8 Å². The van der Waals surface area contributed by atoms with Crippen molar-refractivity contribution in [3.8, 4) is 5.75 Å². The van der Waals surface area contributed by atoms with Gasteiger partial charge in [-0.2, -0.15) is 9.61 Å². The number of rotatable bonds is 5. The van der Waals surface area contributed by atoms with Crippen LogP contribution in [-0.4, -0.2) is 32.3 Å². The molecule has 0 saturated carbocycles. The van der Waals surface area contributed by atoms with E-state index in [1.165, 1.54) is 11.3 Å². The molecule has 1 aromatic carbocycles. The standard InChI is InChI=1S/C13H12ClN5O2S/c1-8-16-17-13-19(8)18-12(22-13)6-15-11(20)7-21-10-4-2-9(14)3-5-10/h2-5H,6-7H2,1H3,(H,15,20). The van der Waals surface area contributed by atoms with Crippen molar-refractivity contribution in [1.29, 1.82) is 0 Å². The van der Waals surface area contributed by atoms with Crippen LogP contribution in [0.4, 0.5) is 0 Å². The van der Waals surface area contributed by atoms with E-state index >= 15 is 0 Å². The van der Waals surface area contributed by atoms with Gasteiger partial charge in [-0.1, -0.05) is 22.9 Å². The number of ether oxygens (including phenoxy) is 1. The van der Waals surface area contributed by atoms with E-state index in [2.05, 4.69) is 20.6 Å². The van der Waals surface area contributed by atoms with Gasteiger partial charge in [0.2, 0.25) is 4.96 Å². The second-order valence-electron chi connectivity index (χ2n) is 4.46. The molecule has 2 aromatic heterocycles. The molecule has 7 nitrogen and oxygen atoms in total. The lowest BCUT2D eigenvalue weighted by molar-refractivity contribution is -0.123. The summed E-state index contributed by atoms with van der Waals surface area (Å²) in [5.74, 6) is 1.08. The largest absolute Gasteiger partial charge is 0.484 e. The Hall–Kier alpha value is -2.19. The van der Waals surface area contributed by atoms with E-state index in [9.17, 15) is 4.79 Å². The van der Waals surface area contributed by atoms with Crippen molar-refractivity contribution in [3.05, 3.63) is 40.1 Å². The van der Waals surface area contributed by atoms with Gasteiger partial charge >= 0.3 is 0 Å². The molecule has 0 fully saturated rings. The Morgan fingerprint density at radius 3 is 2.86 bits per heavy atom. The first-order chi connectivity index (χ1) is 10.6. The Morgan fingerprint density at radius 1 is 1.36 bits per heavy atom. The van der Waals surface area contributed by atoms with Crippen molar-refractivity contribution in [1.82, 2.24) is 25.1 Å². The number of nitrogens with one attached hydrogen (secondary N) is 1. The average Bonchev–Trinajstić information content (AvgIpc) is 3.07. The Labute approximate surface area is 134 Å². The number of aryl methyl sites for hydroxylation is 1. The van der Waals surface area contributed by atoms with Crippen molar-refractivity contribution in [2.45, 2.75) is 13.5 Å². The third-order valence-corrected chi connectivity index (χ3v) is 3.96. The fraction of sp³-hybridized carbons (Fsp3) is 0.231. The molecular formula is C13H12ClN5O2S. The predicted molar refractivity (Wildman–Crippen MR) is 82.2 cm³/mol. The van der Waals surface area contributed by atoms with Gasteiger partial charge in [0.25, 0.3) is 5.91 Å². The summed E-state index contributed by atoms with van der Waals surface area (Å²) >= 11 is 7.16. The molecule has 3 aromatic rings. The molecule has 0 radical (unpaired) electrons. The number of aromatic nitrogens is 4. The number of halogens is 1. The van der Waals surface area contributed by atoms with E-state index in [0.29, 0.717) is 22.3 Å². The van der Waals surface area contributed by atoms with Gasteiger partial charge in [0.1, 0.15) is 10.8 Å². The van der Waals surface area contributed by atoms with Crippen LogP contribution in [0.5, 0.6) is 5.75 Å². The zero-order chi connectivity index (χ0) is 15.5. The van der Waals surface area contributed by atoms with E-state index in [1.54, 1.807) is 28.8 Å². The van der Waals surface area contributed by atoms with Crippen LogP contribution in [0.15, 0.2) is 24.3 Å². The Bertz CT molecular complexity index is 798. The van der Waals surface area contributed by atoms with Crippen molar-refractivity contribution < 1.29 is 9.53 Å². The zero-order valence-corrected chi connectivity index (χ0v) is 13.2. The van der Waals surface area contributed by atoms with Crippen LogP contribution in [0.1, 0.15) is 10.8 Å². The predicted octanol–water partition coefficient (Wildman–Crippen LogP) is 1.84. The highest BCUT2D eigenvalue weighted by molar-refractivity contribution is 7.16. The highest BCUT2D eigenvalue weighted by atomic mass is 35.5. The van der Waals surface area contributed by atoms with Crippen molar-refractivity contribution in [2.75, 3.05) is 6.61 Å². The average molecular weight is 338 g/mol. The SMILES string of the molecule is Cc1nnc2sc(CNC(=O)COc3ccc(Cl)cc3)nn12. The molecule has 2 heterocycles. The van der Waals surface area contributed by atoms with Gasteiger partial charge in [-0.25, -0.2) is 0 Å². The summed E-state index contributed by atoms with van der Waals surface area (Å²) in [6.07, 6.45) is 0. The molecule has 0 aliphatic heterocycles. The molecular weight excluding hydrogens is 326 g/mol. The number of carbonyl (C=O) groups is 1. The smallest absolute Gasteiger partial charge is 0.258 e. The van der Waals surface area contributed by atoms with Gasteiger partial charge in [-0.3, -0.25) is 4.79 Å². The normalized spacial score (nSPS) is 10.8. The van der Waals surface area contributed by atoms with Crippen LogP contribution in [-0.2, 0) is 11.3 Å². The van der Waals surface area contributed by atoms with Crippen LogP contribution in [0.25, 0.3) is 4.96 Å². The van der Waals surface area contributed by atoms with Gasteiger partial charge < -0.3 is 10.1 Å². The topological polar surface area (TPSA) is 81.4 Å². The third kappa shape index (κ3) is 3.34. The number of carbonyl (C=O) groups excluding carboxylic acids is 1. The van der Waals surface area contributed by atoms with Crippen LogP contribution < -0.4 is 10.1 Å². The maximum atomic E-state index is 11.8. The zero-order valence-electron chi connectivity index (χ0n) is 11.6. The number of benzene rings is 1. The highest BCUT2D eigenvalue weighted by Gasteiger charge is 2.10. The summed E-state index contributed by atoms with van der Waals surface area (Å²) in [4.78, 5) is 12.5. The van der Waals surface area contributed by atoms with Gasteiger partial charge in [-0.15, -0.1) is 10.2 Å². The number of nitrogens with zero attached hydrogens (tertiary/aromatic N) is 4. The van der Waals surface area contributed by atoms with Crippen molar-refractivity contribution in [2.24, 2.45) is 0 Å². The summed E-state index contributed by atoms with van der Waals surface area (Å²) in [7, 11) is 0. The molecule has 0 bridgehead atoms. The summed E-state index contributed by atoms with van der Waals surface area (Å²) in [6, 6.07) is 6.83. The molecule has 0 atom stereocenters. The van der Waals surface area contributed by atoms with E-state index in [1.807, 2.05) is 6.92 Å². The van der Waals surface area contributed by atoms with Gasteiger partial charge in [-0.05, 0) is 31.2 Å². The molecule has 22 heavy (non-hydrogen) atoms. The first-order valence-corrected chi connectivity index (χ1v) is 7.64. The van der Waals surface area contributed by atoms with Crippen molar-refractivity contribution >= 4 is 33.8 Å². The molecule has 0 unspecified atom stereocenters. The van der Waals surface area contributed by atoms with Crippen LogP contribution in [0.2, 0.25) is 5.02 Å². The van der Waals surface area contributed by atoms with Gasteiger partial charge in [0, 0.05) is 5.02 Å². The number of hydrogen-bond acceptors (Lipinski definition) is 6. The van der Waals surface area contributed by atoms with Gasteiger partial charge in [0.15, 0.2) is 12.4 Å². The molecule has 0 aliphatic rings. The molecule has 0 spiro atoms. The first-order valence-electron chi connectivity index (χ1n) is 6.44. The molecule has 0 saturated heterocycles. The Morgan fingerprint density at radius 2 is 2.14 bits per heavy atom. The lowest BCUT2D eigenvalue weighted by Gasteiger charge is -2.06. The summed E-state index contributed by atoms with van der Waals surface area (Å²) in [5, 5.41) is 16.3. The maximum Gasteiger partial charge on any atom is 0.258 e. The lowest BCUT2D eigenvalue weighted by atomic mass is 10.3. The van der Waals surface area contributed by atoms with Crippen molar-refractivity contribution in [3.63, 3.8) is 0 Å².